The zero-order chi connectivity index (χ0) is 10.6. The minimum atomic E-state index is 0.0255. The van der Waals surface area contributed by atoms with Crippen molar-refractivity contribution < 1.29 is 9.53 Å². The maximum atomic E-state index is 11.3. The molecule has 76 valence electrons. The predicted molar refractivity (Wildman–Crippen MR) is 59.5 cm³/mol. The van der Waals surface area contributed by atoms with Gasteiger partial charge in [-0.25, -0.2) is 0 Å². The van der Waals surface area contributed by atoms with Gasteiger partial charge in [-0.3, -0.25) is 4.79 Å². The normalized spacial score (nSPS) is 10.3. The van der Waals surface area contributed by atoms with Crippen molar-refractivity contribution in [2.24, 2.45) is 5.92 Å². The van der Waals surface area contributed by atoms with Crippen molar-refractivity contribution in [3.05, 3.63) is 28.7 Å². The van der Waals surface area contributed by atoms with E-state index in [0.717, 1.165) is 4.47 Å². The van der Waals surface area contributed by atoms with Crippen molar-refractivity contribution in [2.75, 3.05) is 6.61 Å². The van der Waals surface area contributed by atoms with Crippen LogP contribution in [0.25, 0.3) is 0 Å². The molecule has 0 heterocycles. The monoisotopic (exact) mass is 256 g/mol. The van der Waals surface area contributed by atoms with Crippen LogP contribution in [0.5, 0.6) is 5.75 Å². The summed E-state index contributed by atoms with van der Waals surface area (Å²) in [7, 11) is 0. The molecule has 0 aromatic heterocycles. The number of halogens is 1. The summed E-state index contributed by atoms with van der Waals surface area (Å²) < 4.78 is 6.24. The largest absolute Gasteiger partial charge is 0.485 e. The molecule has 0 radical (unpaired) electrons. The molecule has 0 N–H and O–H groups in total. The van der Waals surface area contributed by atoms with Crippen molar-refractivity contribution in [1.29, 1.82) is 0 Å². The van der Waals surface area contributed by atoms with Crippen LogP contribution in [0.1, 0.15) is 13.8 Å². The fourth-order valence-electron chi connectivity index (χ4n) is 0.877. The molecule has 1 aromatic rings. The number of ketones is 1. The Balaban J connectivity index is 2.54. The number of hydrogen-bond donors (Lipinski definition) is 0. The molecule has 0 saturated carbocycles. The third-order valence-corrected chi connectivity index (χ3v) is 2.51. The van der Waals surface area contributed by atoms with E-state index in [1.807, 2.05) is 38.1 Å². The average Bonchev–Trinajstić information content (AvgIpc) is 2.16. The molecule has 0 unspecified atom stereocenters. The molecule has 0 bridgehead atoms. The highest BCUT2D eigenvalue weighted by Crippen LogP contribution is 2.23. The quantitative estimate of drug-likeness (QED) is 0.828. The molecular weight excluding hydrogens is 244 g/mol. The molecule has 0 aliphatic carbocycles. The first kappa shape index (κ1) is 11.2. The van der Waals surface area contributed by atoms with E-state index in [1.54, 1.807) is 0 Å². The highest BCUT2D eigenvalue weighted by atomic mass is 79.9. The predicted octanol–water partition coefficient (Wildman–Crippen LogP) is 3.05. The van der Waals surface area contributed by atoms with Crippen molar-refractivity contribution in [1.82, 2.24) is 0 Å². The van der Waals surface area contributed by atoms with Crippen LogP contribution in [0.15, 0.2) is 28.7 Å². The Hall–Kier alpha value is -0.830. The van der Waals surface area contributed by atoms with E-state index in [2.05, 4.69) is 15.9 Å². The molecule has 0 saturated heterocycles. The van der Waals surface area contributed by atoms with Crippen molar-refractivity contribution in [2.45, 2.75) is 13.8 Å². The maximum Gasteiger partial charge on any atom is 0.172 e. The minimum absolute atomic E-state index is 0.0255. The summed E-state index contributed by atoms with van der Waals surface area (Å²) in [5.74, 6) is 0.847. The van der Waals surface area contributed by atoms with E-state index < -0.39 is 0 Å². The van der Waals surface area contributed by atoms with Crippen molar-refractivity contribution in [3.8, 4) is 5.75 Å². The van der Waals surface area contributed by atoms with E-state index in [-0.39, 0.29) is 18.3 Å². The van der Waals surface area contributed by atoms with Crippen molar-refractivity contribution >= 4 is 21.7 Å². The van der Waals surface area contributed by atoms with Gasteiger partial charge in [0.2, 0.25) is 0 Å². The Kier molecular flexibility index (Phi) is 4.14. The Morgan fingerprint density at radius 1 is 1.43 bits per heavy atom. The molecule has 1 rings (SSSR count). The summed E-state index contributed by atoms with van der Waals surface area (Å²) >= 11 is 3.35. The average molecular weight is 257 g/mol. The first-order valence-corrected chi connectivity index (χ1v) is 5.30. The van der Waals surface area contributed by atoms with Gasteiger partial charge in [-0.05, 0) is 28.1 Å². The highest BCUT2D eigenvalue weighted by Gasteiger charge is 2.08. The zero-order valence-corrected chi connectivity index (χ0v) is 9.87. The van der Waals surface area contributed by atoms with Crippen LogP contribution >= 0.6 is 15.9 Å². The summed E-state index contributed by atoms with van der Waals surface area (Å²) in [4.78, 5) is 11.3. The Morgan fingerprint density at radius 2 is 2.07 bits per heavy atom. The summed E-state index contributed by atoms with van der Waals surface area (Å²) in [6, 6.07) is 7.49. The molecule has 1 aromatic carbocycles. The lowest BCUT2D eigenvalue weighted by Gasteiger charge is -2.08. The molecule has 0 aliphatic heterocycles. The SMILES string of the molecule is CC(C)C(=O)COc1ccccc1Br. The lowest BCUT2D eigenvalue weighted by atomic mass is 10.1. The van der Waals surface area contributed by atoms with E-state index in [9.17, 15) is 4.79 Å². The first-order chi connectivity index (χ1) is 6.61. The third kappa shape index (κ3) is 3.14. The summed E-state index contributed by atoms with van der Waals surface area (Å²) in [6.45, 7) is 3.87. The van der Waals surface area contributed by atoms with Gasteiger partial charge in [0, 0.05) is 5.92 Å². The maximum absolute atomic E-state index is 11.3. The lowest BCUT2D eigenvalue weighted by molar-refractivity contribution is -0.123. The van der Waals surface area contributed by atoms with Crippen LogP contribution < -0.4 is 4.74 Å². The van der Waals surface area contributed by atoms with Gasteiger partial charge < -0.3 is 4.74 Å². The second kappa shape index (κ2) is 5.15. The van der Waals surface area contributed by atoms with Gasteiger partial charge in [-0.1, -0.05) is 26.0 Å². The topological polar surface area (TPSA) is 26.3 Å². The minimum Gasteiger partial charge on any atom is -0.485 e. The Labute approximate surface area is 92.4 Å². The molecule has 0 spiro atoms. The fraction of sp³-hybridized carbons (Fsp3) is 0.364. The van der Waals surface area contributed by atoms with Gasteiger partial charge in [0.1, 0.15) is 12.4 Å². The molecule has 3 heteroatoms. The number of benzene rings is 1. The van der Waals surface area contributed by atoms with Gasteiger partial charge in [0.05, 0.1) is 4.47 Å². The number of hydrogen-bond acceptors (Lipinski definition) is 2. The van der Waals surface area contributed by atoms with E-state index in [0.29, 0.717) is 5.75 Å². The standard InChI is InChI=1S/C11H13BrO2/c1-8(2)10(13)7-14-11-6-4-3-5-9(11)12/h3-6,8H,7H2,1-2H3. The molecule has 0 atom stereocenters. The van der Waals surface area contributed by atoms with Crippen LogP contribution in [-0.2, 0) is 4.79 Å². The molecule has 2 nitrogen and oxygen atoms in total. The summed E-state index contributed by atoms with van der Waals surface area (Å²) in [5.41, 5.74) is 0. The number of Topliss-reactive ketones (excluding diaryl/α,β-unsaturated/α-hetero) is 1. The second-order valence-corrected chi connectivity index (χ2v) is 4.19. The number of ether oxygens (including phenoxy) is 1. The number of carbonyl (C=O) groups is 1. The van der Waals surface area contributed by atoms with Gasteiger partial charge in [0.25, 0.3) is 0 Å². The Bertz CT molecular complexity index is 321. The smallest absolute Gasteiger partial charge is 0.172 e. The summed E-state index contributed by atoms with van der Waals surface area (Å²) in [5, 5.41) is 0. The zero-order valence-electron chi connectivity index (χ0n) is 8.29. The number of para-hydroxylation sites is 1. The van der Waals surface area contributed by atoms with Gasteiger partial charge in [0.15, 0.2) is 5.78 Å². The number of rotatable bonds is 4. The van der Waals surface area contributed by atoms with E-state index in [1.165, 1.54) is 0 Å². The molecule has 0 amide bonds. The van der Waals surface area contributed by atoms with Gasteiger partial charge >= 0.3 is 0 Å². The van der Waals surface area contributed by atoms with Crippen LogP contribution in [-0.4, -0.2) is 12.4 Å². The van der Waals surface area contributed by atoms with E-state index >= 15 is 0 Å². The fourth-order valence-corrected chi connectivity index (χ4v) is 1.28. The van der Waals surface area contributed by atoms with Gasteiger partial charge in [-0.2, -0.15) is 0 Å². The van der Waals surface area contributed by atoms with Crippen LogP contribution in [0.2, 0.25) is 0 Å². The van der Waals surface area contributed by atoms with E-state index in [4.69, 9.17) is 4.74 Å². The number of carbonyl (C=O) groups excluding carboxylic acids is 1. The Morgan fingerprint density at radius 3 is 2.64 bits per heavy atom. The second-order valence-electron chi connectivity index (χ2n) is 3.34. The molecule has 0 fully saturated rings. The summed E-state index contributed by atoms with van der Waals surface area (Å²) in [6.07, 6.45) is 0. The van der Waals surface area contributed by atoms with Crippen LogP contribution in [0.3, 0.4) is 0 Å². The third-order valence-electron chi connectivity index (χ3n) is 1.85. The van der Waals surface area contributed by atoms with Crippen LogP contribution in [0, 0.1) is 5.92 Å². The first-order valence-electron chi connectivity index (χ1n) is 4.51. The highest BCUT2D eigenvalue weighted by molar-refractivity contribution is 9.10. The molecular formula is C11H13BrO2. The van der Waals surface area contributed by atoms with Crippen LogP contribution in [0.4, 0.5) is 0 Å². The van der Waals surface area contributed by atoms with Crippen molar-refractivity contribution in [3.63, 3.8) is 0 Å². The molecule has 0 aliphatic rings. The van der Waals surface area contributed by atoms with Gasteiger partial charge in [-0.15, -0.1) is 0 Å². The molecule has 14 heavy (non-hydrogen) atoms. The lowest BCUT2D eigenvalue weighted by Crippen LogP contribution is -2.16.